The molecule has 0 aromatic rings. The molecular weight excluding hydrogens is 158 g/mol. The molecule has 0 aromatic carbocycles. The molecule has 2 aliphatic carbocycles. The minimum atomic E-state index is 0.742. The van der Waals surface area contributed by atoms with Crippen molar-refractivity contribution in [1.29, 1.82) is 0 Å². The van der Waals surface area contributed by atoms with E-state index in [1.807, 2.05) is 0 Å². The molecule has 13 heavy (non-hydrogen) atoms. The molecule has 0 saturated heterocycles. The highest BCUT2D eigenvalue weighted by Gasteiger charge is 2.13. The lowest BCUT2D eigenvalue weighted by Gasteiger charge is -2.20. The lowest BCUT2D eigenvalue weighted by molar-refractivity contribution is 0.407. The van der Waals surface area contributed by atoms with Crippen LogP contribution in [-0.4, -0.2) is 12.6 Å². The van der Waals surface area contributed by atoms with Crippen LogP contribution < -0.4 is 5.32 Å². The van der Waals surface area contributed by atoms with Crippen LogP contribution in [0.3, 0.4) is 0 Å². The second-order valence-electron chi connectivity index (χ2n) is 4.20. The zero-order chi connectivity index (χ0) is 8.93. The molecule has 1 unspecified atom stereocenters. The van der Waals surface area contributed by atoms with Crippen LogP contribution in [0.15, 0.2) is 24.3 Å². The summed E-state index contributed by atoms with van der Waals surface area (Å²) < 4.78 is 0. The molecule has 2 rings (SSSR count). The summed E-state index contributed by atoms with van der Waals surface area (Å²) in [6, 6.07) is 0.742. The van der Waals surface area contributed by atoms with Crippen LogP contribution in [0.25, 0.3) is 0 Å². The molecule has 2 aliphatic rings. The third-order valence-electron chi connectivity index (χ3n) is 3.08. The Bertz CT molecular complexity index is 197. The van der Waals surface area contributed by atoms with Crippen LogP contribution in [0.1, 0.15) is 32.1 Å². The third kappa shape index (κ3) is 2.70. The van der Waals surface area contributed by atoms with Gasteiger partial charge in [0.05, 0.1) is 0 Å². The van der Waals surface area contributed by atoms with Crippen LogP contribution in [0, 0.1) is 5.92 Å². The van der Waals surface area contributed by atoms with Crippen LogP contribution >= 0.6 is 0 Å². The molecule has 1 nitrogen and oxygen atoms in total. The van der Waals surface area contributed by atoms with Gasteiger partial charge in [0, 0.05) is 6.04 Å². The second kappa shape index (κ2) is 4.61. The van der Waals surface area contributed by atoms with Gasteiger partial charge in [-0.25, -0.2) is 0 Å². The van der Waals surface area contributed by atoms with E-state index in [0.29, 0.717) is 0 Å². The number of allylic oxidation sites excluding steroid dienone is 2. The lowest BCUT2D eigenvalue weighted by atomic mass is 9.94. The summed E-state index contributed by atoms with van der Waals surface area (Å²) in [6.45, 7) is 1.22. The Morgan fingerprint density at radius 1 is 1.00 bits per heavy atom. The minimum Gasteiger partial charge on any atom is -0.313 e. The molecule has 1 heteroatoms. The summed E-state index contributed by atoms with van der Waals surface area (Å²) in [6.07, 6.45) is 15.7. The average molecular weight is 177 g/mol. The number of nitrogens with one attached hydrogen (secondary N) is 1. The topological polar surface area (TPSA) is 12.0 Å². The van der Waals surface area contributed by atoms with Gasteiger partial charge in [0.15, 0.2) is 0 Å². The highest BCUT2D eigenvalue weighted by Crippen LogP contribution is 2.18. The van der Waals surface area contributed by atoms with Crippen molar-refractivity contribution in [2.45, 2.75) is 38.1 Å². The Balaban J connectivity index is 1.64. The molecule has 0 aromatic heterocycles. The van der Waals surface area contributed by atoms with E-state index in [-0.39, 0.29) is 0 Å². The first-order valence-corrected chi connectivity index (χ1v) is 5.48. The first kappa shape index (κ1) is 9.01. The van der Waals surface area contributed by atoms with Crippen LogP contribution in [-0.2, 0) is 0 Å². The average Bonchev–Trinajstić information content (AvgIpc) is 2.69. The summed E-state index contributed by atoms with van der Waals surface area (Å²) in [4.78, 5) is 0. The van der Waals surface area contributed by atoms with E-state index in [4.69, 9.17) is 0 Å². The Hall–Kier alpha value is -0.560. The van der Waals surface area contributed by atoms with E-state index in [1.54, 1.807) is 0 Å². The smallest absolute Gasteiger partial charge is 0.0136 e. The third-order valence-corrected chi connectivity index (χ3v) is 3.08. The Kier molecular flexibility index (Phi) is 3.20. The molecule has 0 saturated carbocycles. The first-order valence-electron chi connectivity index (χ1n) is 5.48. The van der Waals surface area contributed by atoms with Crippen molar-refractivity contribution in [3.8, 4) is 0 Å². The highest BCUT2D eigenvalue weighted by atomic mass is 14.9. The van der Waals surface area contributed by atoms with Crippen LogP contribution in [0.2, 0.25) is 0 Å². The molecule has 72 valence electrons. The van der Waals surface area contributed by atoms with Crippen molar-refractivity contribution in [3.05, 3.63) is 24.3 Å². The molecule has 1 atom stereocenters. The molecule has 1 N–H and O–H groups in total. The summed E-state index contributed by atoms with van der Waals surface area (Å²) in [5, 5.41) is 3.65. The maximum absolute atomic E-state index is 3.65. The lowest BCUT2D eigenvalue weighted by Crippen LogP contribution is -2.31. The molecule has 0 amide bonds. The van der Waals surface area contributed by atoms with E-state index in [1.165, 1.54) is 38.6 Å². The molecule has 0 aliphatic heterocycles. The van der Waals surface area contributed by atoms with Crippen molar-refractivity contribution in [2.24, 2.45) is 5.92 Å². The van der Waals surface area contributed by atoms with Gasteiger partial charge in [0.1, 0.15) is 0 Å². The van der Waals surface area contributed by atoms with E-state index >= 15 is 0 Å². The van der Waals surface area contributed by atoms with Crippen molar-refractivity contribution in [2.75, 3.05) is 6.54 Å². The molecule has 0 radical (unpaired) electrons. The first-order chi connectivity index (χ1) is 6.45. The van der Waals surface area contributed by atoms with Gasteiger partial charge in [-0.3, -0.25) is 0 Å². The fraction of sp³-hybridized carbons (Fsp3) is 0.667. The van der Waals surface area contributed by atoms with Crippen LogP contribution in [0.5, 0.6) is 0 Å². The summed E-state index contributed by atoms with van der Waals surface area (Å²) in [7, 11) is 0. The monoisotopic (exact) mass is 177 g/mol. The van der Waals surface area contributed by atoms with Crippen molar-refractivity contribution < 1.29 is 0 Å². The van der Waals surface area contributed by atoms with Gasteiger partial charge in [-0.15, -0.1) is 0 Å². The normalized spacial score (nSPS) is 28.5. The number of rotatable bonds is 3. The largest absolute Gasteiger partial charge is 0.313 e. The van der Waals surface area contributed by atoms with Crippen molar-refractivity contribution >= 4 is 0 Å². The predicted octanol–water partition coefficient (Wildman–Crippen LogP) is 2.65. The maximum Gasteiger partial charge on any atom is 0.0136 e. The summed E-state index contributed by atoms with van der Waals surface area (Å²) in [5.41, 5.74) is 0. The van der Waals surface area contributed by atoms with Gasteiger partial charge in [-0.05, 0) is 44.6 Å². The van der Waals surface area contributed by atoms with Gasteiger partial charge in [-0.2, -0.15) is 0 Å². The Labute approximate surface area is 80.9 Å². The minimum absolute atomic E-state index is 0.742. The zero-order valence-corrected chi connectivity index (χ0v) is 8.21. The highest BCUT2D eigenvalue weighted by molar-refractivity contribution is 4.98. The second-order valence-corrected chi connectivity index (χ2v) is 4.20. The fourth-order valence-corrected chi connectivity index (χ4v) is 2.16. The van der Waals surface area contributed by atoms with E-state index < -0.39 is 0 Å². The zero-order valence-electron chi connectivity index (χ0n) is 8.21. The van der Waals surface area contributed by atoms with Gasteiger partial charge in [-0.1, -0.05) is 24.3 Å². The molecule has 0 heterocycles. The molecular formula is C12H19N. The standard InChI is InChI=1S/C12H19N/c1-2-6-11(7-3-1)10-13-12-8-4-5-9-12/h1-2,4-5,11-13H,3,6-10H2. The quantitative estimate of drug-likeness (QED) is 0.653. The SMILES string of the molecule is C1=CCC(CNC2CC=CC2)CC1. The fourth-order valence-electron chi connectivity index (χ4n) is 2.16. The van der Waals surface area contributed by atoms with Crippen molar-refractivity contribution in [1.82, 2.24) is 5.32 Å². The molecule has 0 fully saturated rings. The summed E-state index contributed by atoms with van der Waals surface area (Å²) >= 11 is 0. The van der Waals surface area contributed by atoms with E-state index in [2.05, 4.69) is 29.6 Å². The predicted molar refractivity (Wildman–Crippen MR) is 56.6 cm³/mol. The van der Waals surface area contributed by atoms with E-state index in [9.17, 15) is 0 Å². The van der Waals surface area contributed by atoms with Gasteiger partial charge in [0.2, 0.25) is 0 Å². The molecule has 0 spiro atoms. The Morgan fingerprint density at radius 2 is 1.77 bits per heavy atom. The van der Waals surface area contributed by atoms with Crippen molar-refractivity contribution in [3.63, 3.8) is 0 Å². The van der Waals surface area contributed by atoms with Gasteiger partial charge < -0.3 is 5.32 Å². The summed E-state index contributed by atoms with van der Waals surface area (Å²) in [5.74, 6) is 0.894. The Morgan fingerprint density at radius 3 is 2.46 bits per heavy atom. The number of hydrogen-bond acceptors (Lipinski definition) is 1. The maximum atomic E-state index is 3.65. The van der Waals surface area contributed by atoms with E-state index in [0.717, 1.165) is 12.0 Å². The van der Waals surface area contributed by atoms with Gasteiger partial charge >= 0.3 is 0 Å². The number of hydrogen-bond donors (Lipinski definition) is 1. The molecule has 0 bridgehead atoms. The van der Waals surface area contributed by atoms with Crippen LogP contribution in [0.4, 0.5) is 0 Å². The van der Waals surface area contributed by atoms with Gasteiger partial charge in [0.25, 0.3) is 0 Å².